The Morgan fingerprint density at radius 3 is 2.42 bits per heavy atom. The van der Waals surface area contributed by atoms with Crippen LogP contribution in [0.2, 0.25) is 0 Å². The van der Waals surface area contributed by atoms with Gasteiger partial charge < -0.3 is 5.32 Å². The first-order chi connectivity index (χ1) is 12.5. The van der Waals surface area contributed by atoms with Crippen molar-refractivity contribution in [3.63, 3.8) is 0 Å². The van der Waals surface area contributed by atoms with Gasteiger partial charge in [0.05, 0.1) is 0 Å². The van der Waals surface area contributed by atoms with Gasteiger partial charge in [-0.25, -0.2) is 12.8 Å². The maximum absolute atomic E-state index is 13.8. The summed E-state index contributed by atoms with van der Waals surface area (Å²) in [6.07, 6.45) is 7.26. The predicted molar refractivity (Wildman–Crippen MR) is 97.5 cm³/mol. The molecule has 1 aliphatic carbocycles. The molecule has 0 unspecified atom stereocenters. The Balaban J connectivity index is 1.46. The van der Waals surface area contributed by atoms with Gasteiger partial charge in [-0.05, 0) is 50.2 Å². The highest BCUT2D eigenvalue weighted by Crippen LogP contribution is 2.27. The van der Waals surface area contributed by atoms with Crippen molar-refractivity contribution >= 4 is 15.9 Å². The molecule has 2 fully saturated rings. The van der Waals surface area contributed by atoms with E-state index in [1.807, 2.05) is 0 Å². The lowest BCUT2D eigenvalue weighted by molar-refractivity contribution is -0.122. The summed E-state index contributed by atoms with van der Waals surface area (Å²) in [6.45, 7) is 0.761. The summed E-state index contributed by atoms with van der Waals surface area (Å²) in [7, 11) is -3.78. The zero-order valence-electron chi connectivity index (χ0n) is 15.0. The number of nitrogens with one attached hydrogen (secondary N) is 1. The third-order valence-electron chi connectivity index (χ3n) is 5.53. The number of sulfonamides is 1. The maximum Gasteiger partial charge on any atom is 0.245 e. The van der Waals surface area contributed by atoms with E-state index in [9.17, 15) is 17.6 Å². The standard InChI is InChI=1S/C19H27FN2O3S/c20-17-7-3-4-8-18(17)26(24,25)22-13-11-15(12-14-22)9-10-19(23)21-16-5-1-2-6-16/h3-4,7-8,15-16H,1-2,5-6,9-14H2,(H,21,23). The first kappa shape index (κ1) is 19.3. The lowest BCUT2D eigenvalue weighted by Gasteiger charge is -2.31. The normalized spacial score (nSPS) is 20.3. The summed E-state index contributed by atoms with van der Waals surface area (Å²) in [5.41, 5.74) is 0. The van der Waals surface area contributed by atoms with Gasteiger partial charge in [-0.15, -0.1) is 0 Å². The number of halogens is 1. The number of hydrogen-bond donors (Lipinski definition) is 1. The van der Waals surface area contributed by atoms with Gasteiger partial charge in [-0.2, -0.15) is 4.31 Å². The molecule has 1 aromatic carbocycles. The molecule has 1 N–H and O–H groups in total. The third kappa shape index (κ3) is 4.62. The number of amides is 1. The summed E-state index contributed by atoms with van der Waals surface area (Å²) in [6, 6.07) is 5.84. The Bertz CT molecular complexity index is 724. The molecular formula is C19H27FN2O3S. The molecule has 144 valence electrons. The van der Waals surface area contributed by atoms with Crippen molar-refractivity contribution in [1.29, 1.82) is 0 Å². The third-order valence-corrected chi connectivity index (χ3v) is 7.46. The molecular weight excluding hydrogens is 355 g/mol. The van der Waals surface area contributed by atoms with Crippen molar-refractivity contribution < 1.29 is 17.6 Å². The van der Waals surface area contributed by atoms with Crippen LogP contribution in [0.5, 0.6) is 0 Å². The number of benzene rings is 1. The van der Waals surface area contributed by atoms with E-state index >= 15 is 0 Å². The highest BCUT2D eigenvalue weighted by molar-refractivity contribution is 7.89. The van der Waals surface area contributed by atoms with E-state index in [1.54, 1.807) is 0 Å². The molecule has 0 spiro atoms. The second-order valence-electron chi connectivity index (χ2n) is 7.37. The predicted octanol–water partition coefficient (Wildman–Crippen LogP) is 3.07. The van der Waals surface area contributed by atoms with Crippen LogP contribution in [-0.4, -0.2) is 37.8 Å². The zero-order valence-corrected chi connectivity index (χ0v) is 15.8. The van der Waals surface area contributed by atoms with Crippen LogP contribution in [0.4, 0.5) is 4.39 Å². The van der Waals surface area contributed by atoms with Crippen LogP contribution in [0.3, 0.4) is 0 Å². The van der Waals surface area contributed by atoms with Crippen molar-refractivity contribution in [3.05, 3.63) is 30.1 Å². The van der Waals surface area contributed by atoms with Gasteiger partial charge in [0.25, 0.3) is 0 Å². The Morgan fingerprint density at radius 2 is 1.77 bits per heavy atom. The number of carbonyl (C=O) groups excluding carboxylic acids is 1. The molecule has 1 saturated carbocycles. The minimum absolute atomic E-state index is 0.110. The molecule has 1 saturated heterocycles. The summed E-state index contributed by atoms with van der Waals surface area (Å²) >= 11 is 0. The lowest BCUT2D eigenvalue weighted by Crippen LogP contribution is -2.39. The van der Waals surface area contributed by atoms with Crippen molar-refractivity contribution in [3.8, 4) is 0 Å². The van der Waals surface area contributed by atoms with E-state index in [4.69, 9.17) is 0 Å². The van der Waals surface area contributed by atoms with Gasteiger partial charge in [-0.1, -0.05) is 25.0 Å². The van der Waals surface area contributed by atoms with E-state index in [1.165, 1.54) is 41.4 Å². The topological polar surface area (TPSA) is 66.5 Å². The Hall–Kier alpha value is -1.47. The Morgan fingerprint density at radius 1 is 1.12 bits per heavy atom. The molecule has 1 heterocycles. The quantitative estimate of drug-likeness (QED) is 0.822. The first-order valence-electron chi connectivity index (χ1n) is 9.51. The van der Waals surface area contributed by atoms with Crippen LogP contribution in [0.25, 0.3) is 0 Å². The number of carbonyl (C=O) groups is 1. The lowest BCUT2D eigenvalue weighted by atomic mass is 9.93. The fourth-order valence-electron chi connectivity index (χ4n) is 3.94. The Kier molecular flexibility index (Phi) is 6.29. The van der Waals surface area contributed by atoms with Gasteiger partial charge in [-0.3, -0.25) is 4.79 Å². The minimum atomic E-state index is -3.78. The number of rotatable bonds is 6. The number of nitrogens with zero attached hydrogens (tertiary/aromatic N) is 1. The smallest absolute Gasteiger partial charge is 0.245 e. The van der Waals surface area contributed by atoms with Crippen LogP contribution < -0.4 is 5.32 Å². The number of hydrogen-bond acceptors (Lipinski definition) is 3. The molecule has 0 aromatic heterocycles. The molecule has 0 atom stereocenters. The van der Waals surface area contributed by atoms with Gasteiger partial charge in [0.2, 0.25) is 15.9 Å². The SMILES string of the molecule is O=C(CCC1CCN(S(=O)(=O)c2ccccc2F)CC1)NC1CCCC1. The maximum atomic E-state index is 13.8. The van der Waals surface area contributed by atoms with E-state index < -0.39 is 15.8 Å². The molecule has 7 heteroatoms. The Labute approximate surface area is 155 Å². The van der Waals surface area contributed by atoms with E-state index in [0.29, 0.717) is 44.3 Å². The molecule has 0 radical (unpaired) electrons. The summed E-state index contributed by atoms with van der Waals surface area (Å²) in [5, 5.41) is 3.09. The molecule has 0 bridgehead atoms. The second kappa shape index (κ2) is 8.48. The molecule has 1 amide bonds. The monoisotopic (exact) mass is 382 g/mol. The molecule has 2 aliphatic rings. The van der Waals surface area contributed by atoms with Crippen molar-refractivity contribution in [1.82, 2.24) is 9.62 Å². The van der Waals surface area contributed by atoms with Crippen LogP contribution in [0, 0.1) is 11.7 Å². The van der Waals surface area contributed by atoms with E-state index in [-0.39, 0.29) is 10.8 Å². The summed E-state index contributed by atoms with van der Waals surface area (Å²) < 4.78 is 40.4. The summed E-state index contributed by atoms with van der Waals surface area (Å²) in [4.78, 5) is 11.8. The van der Waals surface area contributed by atoms with Crippen molar-refractivity contribution in [2.45, 2.75) is 62.3 Å². The molecule has 3 rings (SSSR count). The minimum Gasteiger partial charge on any atom is -0.353 e. The van der Waals surface area contributed by atoms with Crippen LogP contribution >= 0.6 is 0 Å². The molecule has 26 heavy (non-hydrogen) atoms. The van der Waals surface area contributed by atoms with Crippen LogP contribution in [0.1, 0.15) is 51.4 Å². The average molecular weight is 383 g/mol. The van der Waals surface area contributed by atoms with E-state index in [2.05, 4.69) is 5.32 Å². The molecule has 5 nitrogen and oxygen atoms in total. The van der Waals surface area contributed by atoms with Crippen LogP contribution in [0.15, 0.2) is 29.2 Å². The highest BCUT2D eigenvalue weighted by Gasteiger charge is 2.31. The molecule has 1 aliphatic heterocycles. The van der Waals surface area contributed by atoms with Crippen molar-refractivity contribution in [2.24, 2.45) is 5.92 Å². The van der Waals surface area contributed by atoms with Gasteiger partial charge >= 0.3 is 0 Å². The van der Waals surface area contributed by atoms with Gasteiger partial charge in [0, 0.05) is 25.6 Å². The number of piperidine rings is 1. The largest absolute Gasteiger partial charge is 0.353 e. The fourth-order valence-corrected chi connectivity index (χ4v) is 5.47. The van der Waals surface area contributed by atoms with Gasteiger partial charge in [0.15, 0.2) is 0 Å². The van der Waals surface area contributed by atoms with Crippen LogP contribution in [-0.2, 0) is 14.8 Å². The summed E-state index contributed by atoms with van der Waals surface area (Å²) in [5.74, 6) is -0.257. The van der Waals surface area contributed by atoms with Gasteiger partial charge in [0.1, 0.15) is 10.7 Å². The average Bonchev–Trinajstić information content (AvgIpc) is 3.13. The van der Waals surface area contributed by atoms with Crippen molar-refractivity contribution in [2.75, 3.05) is 13.1 Å². The second-order valence-corrected chi connectivity index (χ2v) is 9.27. The molecule has 1 aromatic rings. The first-order valence-corrected chi connectivity index (χ1v) is 10.9. The fraction of sp³-hybridized carbons (Fsp3) is 0.632. The highest BCUT2D eigenvalue weighted by atomic mass is 32.2. The van der Waals surface area contributed by atoms with E-state index in [0.717, 1.165) is 19.3 Å². The zero-order chi connectivity index (χ0) is 18.6.